The molecule has 1 rings (SSSR count). The van der Waals surface area contributed by atoms with Crippen molar-refractivity contribution < 1.29 is 9.59 Å². The summed E-state index contributed by atoms with van der Waals surface area (Å²) in [5.41, 5.74) is 0.890. The number of benzene rings is 1. The van der Waals surface area contributed by atoms with E-state index in [2.05, 4.69) is 5.18 Å². The van der Waals surface area contributed by atoms with Crippen LogP contribution in [0.4, 0.5) is 0 Å². The zero-order valence-corrected chi connectivity index (χ0v) is 6.77. The Kier molecular flexibility index (Phi) is 3.03. The van der Waals surface area contributed by atoms with E-state index in [1.807, 2.05) is 0 Å². The van der Waals surface area contributed by atoms with Gasteiger partial charge in [-0.1, -0.05) is 29.4 Å². The van der Waals surface area contributed by atoms with Gasteiger partial charge >= 0.3 is 0 Å². The van der Waals surface area contributed by atoms with Crippen molar-refractivity contribution in [2.45, 2.75) is 0 Å². The first-order valence-electron chi connectivity index (χ1n) is 3.65. The van der Waals surface area contributed by atoms with Gasteiger partial charge in [0.1, 0.15) is 12.8 Å². The summed E-state index contributed by atoms with van der Waals surface area (Å²) < 4.78 is 0. The summed E-state index contributed by atoms with van der Waals surface area (Å²) in [5.74, 6) is -0.340. The van der Waals surface area contributed by atoms with Gasteiger partial charge in [0.2, 0.25) is 0 Å². The summed E-state index contributed by atoms with van der Waals surface area (Å²) in [5, 5.41) is 2.49. The minimum absolute atomic E-state index is 0.340. The van der Waals surface area contributed by atoms with Gasteiger partial charge in [-0.05, 0) is 0 Å². The molecular weight excluding hydrogens is 170 g/mol. The van der Waals surface area contributed by atoms with E-state index in [-0.39, 0.29) is 12.3 Å². The van der Waals surface area contributed by atoms with Crippen LogP contribution in [0.2, 0.25) is 0 Å². The molecule has 0 spiro atoms. The molecule has 0 aliphatic carbocycles. The van der Waals surface area contributed by atoms with Gasteiger partial charge in [-0.3, -0.25) is 9.59 Å². The number of hydrogen-bond acceptors (Lipinski definition) is 4. The van der Waals surface area contributed by atoms with Gasteiger partial charge in [-0.25, -0.2) is 0 Å². The molecule has 0 heterocycles. The number of Topliss-reactive ketones (excluding diaryl/α,β-unsaturated/α-hetero) is 1. The highest BCUT2D eigenvalue weighted by molar-refractivity contribution is 5.98. The Morgan fingerprint density at radius 3 is 2.38 bits per heavy atom. The van der Waals surface area contributed by atoms with Gasteiger partial charge in [-0.2, -0.15) is 4.91 Å². The van der Waals surface area contributed by atoms with Gasteiger partial charge in [0.05, 0.1) is 0 Å². The Labute approximate surface area is 74.5 Å². The van der Waals surface area contributed by atoms with E-state index in [0.717, 1.165) is 0 Å². The second-order valence-electron chi connectivity index (χ2n) is 2.45. The lowest BCUT2D eigenvalue weighted by Gasteiger charge is -1.95. The van der Waals surface area contributed by atoms with Crippen molar-refractivity contribution in [3.63, 3.8) is 0 Å². The molecule has 0 radical (unpaired) electrons. The van der Waals surface area contributed by atoms with Gasteiger partial charge in [-0.15, -0.1) is 0 Å². The minimum Gasteiger partial charge on any atom is -0.298 e. The molecule has 0 saturated carbocycles. The van der Waals surface area contributed by atoms with Crippen LogP contribution in [0.5, 0.6) is 0 Å². The fraction of sp³-hybridized carbons (Fsp3) is 0.111. The summed E-state index contributed by atoms with van der Waals surface area (Å²) in [4.78, 5) is 31.1. The number of aldehydes is 1. The van der Waals surface area contributed by atoms with E-state index in [1.54, 1.807) is 0 Å². The maximum Gasteiger partial charge on any atom is 0.187 e. The monoisotopic (exact) mass is 177 g/mol. The van der Waals surface area contributed by atoms with Gasteiger partial charge in [0, 0.05) is 11.1 Å². The molecule has 1 aromatic carbocycles. The van der Waals surface area contributed by atoms with Crippen LogP contribution in [-0.4, -0.2) is 18.6 Å². The predicted octanol–water partition coefficient (Wildman–Crippen LogP) is 1.45. The Morgan fingerprint density at radius 2 is 1.92 bits per heavy atom. The van der Waals surface area contributed by atoms with Crippen LogP contribution >= 0.6 is 0 Å². The third-order valence-electron chi connectivity index (χ3n) is 1.58. The molecule has 0 aliphatic heterocycles. The Bertz CT molecular complexity index is 329. The van der Waals surface area contributed by atoms with E-state index < -0.39 is 0 Å². The summed E-state index contributed by atoms with van der Waals surface area (Å²) in [6.45, 7) is -0.361. The molecular formula is C9H7NO3. The molecule has 0 aromatic heterocycles. The second-order valence-corrected chi connectivity index (χ2v) is 2.45. The van der Waals surface area contributed by atoms with E-state index in [4.69, 9.17) is 0 Å². The standard InChI is InChI=1S/C9H7NO3/c11-6-7-1-3-8(4-2-7)9(12)5-10-13/h1-4,6H,5H2. The first-order valence-corrected chi connectivity index (χ1v) is 3.65. The zero-order chi connectivity index (χ0) is 9.68. The molecule has 4 heteroatoms. The number of nitroso groups, excluding NO2 is 1. The number of hydrogen-bond donors (Lipinski definition) is 0. The highest BCUT2D eigenvalue weighted by atomic mass is 16.3. The maximum absolute atomic E-state index is 11.1. The number of rotatable bonds is 4. The summed E-state index contributed by atoms with van der Waals surface area (Å²) in [6.07, 6.45) is 0.687. The van der Waals surface area contributed by atoms with Crippen LogP contribution in [0.1, 0.15) is 20.7 Å². The third kappa shape index (κ3) is 2.30. The number of carbonyl (C=O) groups is 2. The molecule has 0 atom stereocenters. The topological polar surface area (TPSA) is 63.6 Å². The largest absolute Gasteiger partial charge is 0.298 e. The minimum atomic E-state index is -0.361. The van der Waals surface area contributed by atoms with Crippen molar-refractivity contribution in [2.24, 2.45) is 5.18 Å². The van der Waals surface area contributed by atoms with E-state index in [0.29, 0.717) is 17.4 Å². The average Bonchev–Trinajstić information content (AvgIpc) is 2.18. The number of carbonyl (C=O) groups excluding carboxylic acids is 2. The SMILES string of the molecule is O=Cc1ccc(C(=O)CN=O)cc1. The van der Waals surface area contributed by atoms with Crippen molar-refractivity contribution in [2.75, 3.05) is 6.54 Å². The van der Waals surface area contributed by atoms with E-state index in [1.165, 1.54) is 24.3 Å². The lowest BCUT2D eigenvalue weighted by Crippen LogP contribution is -2.02. The molecule has 1 aromatic rings. The maximum atomic E-state index is 11.1. The Morgan fingerprint density at radius 1 is 1.31 bits per heavy atom. The van der Waals surface area contributed by atoms with Crippen LogP contribution in [0.15, 0.2) is 29.4 Å². The Hall–Kier alpha value is -1.84. The lowest BCUT2D eigenvalue weighted by molar-refractivity contribution is 0.100. The molecule has 66 valence electrons. The number of ketones is 1. The molecule has 0 N–H and O–H groups in total. The fourth-order valence-electron chi connectivity index (χ4n) is 0.897. The molecule has 0 saturated heterocycles. The van der Waals surface area contributed by atoms with Crippen molar-refractivity contribution in [3.05, 3.63) is 40.3 Å². The van der Waals surface area contributed by atoms with Crippen LogP contribution in [0.3, 0.4) is 0 Å². The first kappa shape index (κ1) is 9.25. The second kappa shape index (κ2) is 4.25. The van der Waals surface area contributed by atoms with Crippen LogP contribution in [0.25, 0.3) is 0 Å². The quantitative estimate of drug-likeness (QED) is 0.397. The normalized spacial score (nSPS) is 9.23. The van der Waals surface area contributed by atoms with Crippen molar-refractivity contribution >= 4 is 12.1 Å². The fourth-order valence-corrected chi connectivity index (χ4v) is 0.897. The van der Waals surface area contributed by atoms with Gasteiger partial charge in [0.15, 0.2) is 5.78 Å². The molecule has 0 fully saturated rings. The molecule has 4 nitrogen and oxygen atoms in total. The predicted molar refractivity (Wildman–Crippen MR) is 46.8 cm³/mol. The smallest absolute Gasteiger partial charge is 0.187 e. The lowest BCUT2D eigenvalue weighted by atomic mass is 10.1. The molecule has 0 aliphatic rings. The summed E-state index contributed by atoms with van der Waals surface area (Å²) >= 11 is 0. The number of nitrogens with zero attached hydrogens (tertiary/aromatic N) is 1. The average molecular weight is 177 g/mol. The highest BCUT2D eigenvalue weighted by Gasteiger charge is 2.04. The van der Waals surface area contributed by atoms with Gasteiger partial charge in [0.25, 0.3) is 0 Å². The first-order chi connectivity index (χ1) is 6.27. The van der Waals surface area contributed by atoms with Crippen molar-refractivity contribution in [1.29, 1.82) is 0 Å². The van der Waals surface area contributed by atoms with Crippen molar-refractivity contribution in [3.8, 4) is 0 Å². The Balaban J connectivity index is 2.85. The van der Waals surface area contributed by atoms with Crippen molar-refractivity contribution in [1.82, 2.24) is 0 Å². The molecule has 0 amide bonds. The van der Waals surface area contributed by atoms with Crippen LogP contribution in [0, 0.1) is 4.91 Å². The third-order valence-corrected chi connectivity index (χ3v) is 1.58. The highest BCUT2D eigenvalue weighted by Crippen LogP contribution is 2.03. The molecule has 0 unspecified atom stereocenters. The summed E-state index contributed by atoms with van der Waals surface area (Å²) in [7, 11) is 0. The molecule has 13 heavy (non-hydrogen) atoms. The van der Waals surface area contributed by atoms with Crippen LogP contribution in [-0.2, 0) is 0 Å². The van der Waals surface area contributed by atoms with Gasteiger partial charge < -0.3 is 0 Å². The van der Waals surface area contributed by atoms with E-state index >= 15 is 0 Å². The van der Waals surface area contributed by atoms with Crippen LogP contribution < -0.4 is 0 Å². The zero-order valence-electron chi connectivity index (χ0n) is 6.77. The molecule has 0 bridgehead atoms. The summed E-state index contributed by atoms with van der Waals surface area (Å²) in [6, 6.07) is 6.03. The van der Waals surface area contributed by atoms with E-state index in [9.17, 15) is 14.5 Å².